The molecule has 0 amide bonds. The molecule has 0 aliphatic rings. The lowest BCUT2D eigenvalue weighted by Crippen LogP contribution is -2.25. The predicted octanol–water partition coefficient (Wildman–Crippen LogP) is 4.84. The van der Waals surface area contributed by atoms with Crippen LogP contribution in [0.5, 0.6) is 0 Å². The van der Waals surface area contributed by atoms with Gasteiger partial charge in [0.05, 0.1) is 4.92 Å². The van der Waals surface area contributed by atoms with Crippen LogP contribution >= 0.6 is 0 Å². The molecule has 132 valence electrons. The van der Waals surface area contributed by atoms with Crippen LogP contribution in [0.4, 0.5) is 5.69 Å². The van der Waals surface area contributed by atoms with Crippen molar-refractivity contribution in [3.63, 3.8) is 0 Å². The third-order valence-electron chi connectivity index (χ3n) is 4.36. The minimum atomic E-state index is -0.360. The van der Waals surface area contributed by atoms with Gasteiger partial charge in [0.15, 0.2) is 0 Å². The second kappa shape index (κ2) is 8.92. The monoisotopic (exact) mass is 346 g/mol. The largest absolute Gasteiger partial charge is 0.295 e. The van der Waals surface area contributed by atoms with Crippen molar-refractivity contribution in [3.8, 4) is 0 Å². The van der Waals surface area contributed by atoms with Gasteiger partial charge in [-0.1, -0.05) is 72.8 Å². The highest BCUT2D eigenvalue weighted by molar-refractivity contribution is 5.33. The molecular formula is C22H22N2O2. The molecule has 4 nitrogen and oxygen atoms in total. The Balaban J connectivity index is 1.67. The minimum absolute atomic E-state index is 0.138. The summed E-state index contributed by atoms with van der Waals surface area (Å²) in [5.74, 6) is 0. The molecule has 0 aliphatic carbocycles. The van der Waals surface area contributed by atoms with Crippen molar-refractivity contribution < 1.29 is 4.92 Å². The van der Waals surface area contributed by atoms with Crippen molar-refractivity contribution in [2.24, 2.45) is 0 Å². The number of benzene rings is 3. The SMILES string of the molecule is O=[N+]([O-])c1ccc(CCN(Cc2ccccc2)Cc2ccccc2)cc1. The van der Waals surface area contributed by atoms with Crippen LogP contribution in [-0.2, 0) is 19.5 Å². The van der Waals surface area contributed by atoms with Gasteiger partial charge in [-0.05, 0) is 23.1 Å². The van der Waals surface area contributed by atoms with Crippen molar-refractivity contribution in [2.75, 3.05) is 6.54 Å². The molecule has 0 atom stereocenters. The van der Waals surface area contributed by atoms with Crippen LogP contribution in [0.1, 0.15) is 16.7 Å². The summed E-state index contributed by atoms with van der Waals surface area (Å²) in [6.07, 6.45) is 0.859. The van der Waals surface area contributed by atoms with E-state index in [1.807, 2.05) is 24.3 Å². The molecule has 0 aromatic heterocycles. The molecule has 0 fully saturated rings. The predicted molar refractivity (Wildman–Crippen MR) is 104 cm³/mol. The Morgan fingerprint density at radius 1 is 0.692 bits per heavy atom. The molecule has 4 heteroatoms. The normalized spacial score (nSPS) is 10.8. The Morgan fingerprint density at radius 2 is 1.19 bits per heavy atom. The summed E-state index contributed by atoms with van der Waals surface area (Å²) in [7, 11) is 0. The summed E-state index contributed by atoms with van der Waals surface area (Å²) in [4.78, 5) is 12.8. The van der Waals surface area contributed by atoms with E-state index < -0.39 is 0 Å². The highest BCUT2D eigenvalue weighted by Crippen LogP contribution is 2.15. The first-order valence-corrected chi connectivity index (χ1v) is 8.74. The van der Waals surface area contributed by atoms with Gasteiger partial charge in [0.2, 0.25) is 0 Å². The van der Waals surface area contributed by atoms with Gasteiger partial charge in [0.25, 0.3) is 5.69 Å². The standard InChI is InChI=1S/C22H22N2O2/c25-24(26)22-13-11-19(12-14-22)15-16-23(17-20-7-3-1-4-8-20)18-21-9-5-2-6-10-21/h1-14H,15-18H2. The maximum absolute atomic E-state index is 10.8. The minimum Gasteiger partial charge on any atom is -0.295 e. The summed E-state index contributed by atoms with van der Waals surface area (Å²) < 4.78 is 0. The van der Waals surface area contributed by atoms with Crippen molar-refractivity contribution in [1.29, 1.82) is 0 Å². The number of hydrogen-bond donors (Lipinski definition) is 0. The first kappa shape index (κ1) is 17.8. The van der Waals surface area contributed by atoms with Gasteiger partial charge >= 0.3 is 0 Å². The number of rotatable bonds is 8. The second-order valence-corrected chi connectivity index (χ2v) is 6.36. The van der Waals surface area contributed by atoms with Crippen LogP contribution in [0.15, 0.2) is 84.9 Å². The highest BCUT2D eigenvalue weighted by Gasteiger charge is 2.09. The molecule has 0 bridgehead atoms. The van der Waals surface area contributed by atoms with E-state index in [0.29, 0.717) is 0 Å². The summed E-state index contributed by atoms with van der Waals surface area (Å²) in [6, 6.07) is 27.7. The van der Waals surface area contributed by atoms with Gasteiger partial charge in [-0.25, -0.2) is 0 Å². The number of hydrogen-bond acceptors (Lipinski definition) is 3. The smallest absolute Gasteiger partial charge is 0.269 e. The van der Waals surface area contributed by atoms with Gasteiger partial charge in [0.1, 0.15) is 0 Å². The number of non-ortho nitro benzene ring substituents is 1. The van der Waals surface area contributed by atoms with Gasteiger partial charge in [-0.3, -0.25) is 15.0 Å². The zero-order valence-electron chi connectivity index (χ0n) is 14.6. The van der Waals surface area contributed by atoms with Crippen molar-refractivity contribution in [2.45, 2.75) is 19.5 Å². The lowest BCUT2D eigenvalue weighted by atomic mass is 10.1. The highest BCUT2D eigenvalue weighted by atomic mass is 16.6. The van der Waals surface area contributed by atoms with E-state index in [9.17, 15) is 10.1 Å². The summed E-state index contributed by atoms with van der Waals surface area (Å²) in [5, 5.41) is 10.8. The molecule has 0 N–H and O–H groups in total. The molecule has 0 saturated heterocycles. The van der Waals surface area contributed by atoms with E-state index in [-0.39, 0.29) is 10.6 Å². The molecule has 0 spiro atoms. The molecular weight excluding hydrogens is 324 g/mol. The average Bonchev–Trinajstić information content (AvgIpc) is 2.68. The average molecular weight is 346 g/mol. The zero-order chi connectivity index (χ0) is 18.2. The van der Waals surface area contributed by atoms with Crippen molar-refractivity contribution in [1.82, 2.24) is 4.90 Å². The Hall–Kier alpha value is -2.98. The van der Waals surface area contributed by atoms with Crippen LogP contribution in [0.2, 0.25) is 0 Å². The Kier molecular flexibility index (Phi) is 6.12. The van der Waals surface area contributed by atoms with Crippen LogP contribution in [0.25, 0.3) is 0 Å². The van der Waals surface area contributed by atoms with Gasteiger partial charge in [0, 0.05) is 31.8 Å². The summed E-state index contributed by atoms with van der Waals surface area (Å²) in [5.41, 5.74) is 3.82. The van der Waals surface area contributed by atoms with Crippen molar-refractivity contribution in [3.05, 3.63) is 112 Å². The van der Waals surface area contributed by atoms with E-state index >= 15 is 0 Å². The maximum atomic E-state index is 10.8. The molecule has 0 heterocycles. The fourth-order valence-corrected chi connectivity index (χ4v) is 2.97. The van der Waals surface area contributed by atoms with Crippen LogP contribution < -0.4 is 0 Å². The van der Waals surface area contributed by atoms with Gasteiger partial charge < -0.3 is 0 Å². The molecule has 0 saturated carbocycles. The lowest BCUT2D eigenvalue weighted by molar-refractivity contribution is -0.384. The van der Waals surface area contributed by atoms with E-state index in [1.165, 1.54) is 11.1 Å². The zero-order valence-corrected chi connectivity index (χ0v) is 14.6. The topological polar surface area (TPSA) is 46.4 Å². The van der Waals surface area contributed by atoms with Crippen LogP contribution in [0.3, 0.4) is 0 Å². The summed E-state index contributed by atoms with van der Waals surface area (Å²) >= 11 is 0. The van der Waals surface area contributed by atoms with Gasteiger partial charge in [-0.2, -0.15) is 0 Å². The number of nitrogens with zero attached hydrogens (tertiary/aromatic N) is 2. The Morgan fingerprint density at radius 3 is 1.65 bits per heavy atom. The van der Waals surface area contributed by atoms with E-state index in [2.05, 4.69) is 53.4 Å². The van der Waals surface area contributed by atoms with E-state index in [0.717, 1.165) is 31.6 Å². The van der Waals surface area contributed by atoms with Crippen LogP contribution in [-0.4, -0.2) is 16.4 Å². The lowest BCUT2D eigenvalue weighted by Gasteiger charge is -2.22. The quantitative estimate of drug-likeness (QED) is 0.433. The van der Waals surface area contributed by atoms with E-state index in [1.54, 1.807) is 12.1 Å². The van der Waals surface area contributed by atoms with Crippen LogP contribution in [0, 0.1) is 10.1 Å². The third-order valence-corrected chi connectivity index (χ3v) is 4.36. The number of nitro groups is 1. The second-order valence-electron chi connectivity index (χ2n) is 6.36. The summed E-state index contributed by atoms with van der Waals surface area (Å²) in [6.45, 7) is 2.65. The molecule has 26 heavy (non-hydrogen) atoms. The number of nitro benzene ring substituents is 1. The fourth-order valence-electron chi connectivity index (χ4n) is 2.97. The maximum Gasteiger partial charge on any atom is 0.269 e. The van der Waals surface area contributed by atoms with E-state index in [4.69, 9.17) is 0 Å². The fraction of sp³-hybridized carbons (Fsp3) is 0.182. The molecule has 3 aromatic carbocycles. The first-order valence-electron chi connectivity index (χ1n) is 8.74. The Bertz CT molecular complexity index is 776. The first-order chi connectivity index (χ1) is 12.7. The third kappa shape index (κ3) is 5.26. The molecule has 0 radical (unpaired) electrons. The molecule has 3 aromatic rings. The van der Waals surface area contributed by atoms with Gasteiger partial charge in [-0.15, -0.1) is 0 Å². The molecule has 0 aliphatic heterocycles. The molecule has 0 unspecified atom stereocenters. The molecule has 3 rings (SSSR count). The Labute approximate surface area is 153 Å². The van der Waals surface area contributed by atoms with Crippen molar-refractivity contribution >= 4 is 5.69 Å².